The number of rotatable bonds is 9. The first-order valence-electron chi connectivity index (χ1n) is 13.0. The third-order valence-corrected chi connectivity index (χ3v) is 6.92. The number of methoxy groups -OCH3 is 2. The lowest BCUT2D eigenvalue weighted by Gasteiger charge is -2.15. The molecule has 0 aliphatic carbocycles. The minimum absolute atomic E-state index is 0.0349. The van der Waals surface area contributed by atoms with Crippen LogP contribution in [0.3, 0.4) is 0 Å². The number of halogens is 1. The summed E-state index contributed by atoms with van der Waals surface area (Å²) in [4.78, 5) is 35.6. The maximum Gasteiger partial charge on any atom is 0.200 e. The topological polar surface area (TPSA) is 92.5 Å². The molecule has 3 heterocycles. The van der Waals surface area contributed by atoms with Crippen molar-refractivity contribution in [2.24, 2.45) is 0 Å². The van der Waals surface area contributed by atoms with Crippen LogP contribution in [-0.4, -0.2) is 34.5 Å². The molecule has 0 bridgehead atoms. The molecule has 8 nitrogen and oxygen atoms in total. The summed E-state index contributed by atoms with van der Waals surface area (Å²) in [6.07, 6.45) is 6.54. The van der Waals surface area contributed by atoms with E-state index in [1.165, 1.54) is 0 Å². The third kappa shape index (κ3) is 5.93. The molecule has 0 fully saturated rings. The van der Waals surface area contributed by atoms with Crippen LogP contribution in [-0.2, 0) is 6.42 Å². The Morgan fingerprint density at radius 2 is 1.66 bits per heavy atom. The average molecular weight is 570 g/mol. The van der Waals surface area contributed by atoms with Crippen molar-refractivity contribution >= 4 is 28.3 Å². The van der Waals surface area contributed by atoms with Gasteiger partial charge in [0.15, 0.2) is 22.7 Å². The number of ether oxygens (including phenoxy) is 3. The zero-order chi connectivity index (χ0) is 29.1. The van der Waals surface area contributed by atoms with Crippen LogP contribution in [0.5, 0.6) is 23.0 Å². The van der Waals surface area contributed by atoms with Crippen molar-refractivity contribution in [3.63, 3.8) is 0 Å². The van der Waals surface area contributed by atoms with Crippen LogP contribution >= 0.6 is 11.6 Å². The van der Waals surface area contributed by atoms with Gasteiger partial charge in [-0.05, 0) is 55.8 Å². The third-order valence-electron chi connectivity index (χ3n) is 6.67. The highest BCUT2D eigenvalue weighted by Crippen LogP contribution is 2.36. The molecular formula is C32H28ClN3O5. The highest BCUT2D eigenvalue weighted by Gasteiger charge is 2.18. The minimum Gasteiger partial charge on any atom is -0.493 e. The van der Waals surface area contributed by atoms with Gasteiger partial charge in [-0.2, -0.15) is 0 Å². The van der Waals surface area contributed by atoms with E-state index < -0.39 is 0 Å². The number of hydrogen-bond acceptors (Lipinski definition) is 7. The van der Waals surface area contributed by atoms with Crippen LogP contribution in [0.15, 0.2) is 84.2 Å². The van der Waals surface area contributed by atoms with E-state index in [0.29, 0.717) is 50.4 Å². The van der Waals surface area contributed by atoms with Gasteiger partial charge < -0.3 is 18.8 Å². The lowest BCUT2D eigenvalue weighted by atomic mass is 10.0. The Labute approximate surface area is 242 Å². The summed E-state index contributed by atoms with van der Waals surface area (Å²) in [5, 5.41) is 1.31. The largest absolute Gasteiger partial charge is 0.493 e. The van der Waals surface area contributed by atoms with E-state index in [9.17, 15) is 9.59 Å². The predicted molar refractivity (Wildman–Crippen MR) is 159 cm³/mol. The summed E-state index contributed by atoms with van der Waals surface area (Å²) in [7, 11) is 3.13. The number of nitrogens with zero attached hydrogens (tertiary/aromatic N) is 3. The Bertz CT molecular complexity index is 1780. The fourth-order valence-electron chi connectivity index (χ4n) is 4.43. The number of Topliss-reactive ketones (excluding diaryl/α,β-unsaturated/α-hetero) is 1. The summed E-state index contributed by atoms with van der Waals surface area (Å²) in [6, 6.07) is 15.8. The van der Waals surface area contributed by atoms with E-state index in [1.54, 1.807) is 93.6 Å². The normalized spacial score (nSPS) is 11.1. The number of pyridine rings is 3. The summed E-state index contributed by atoms with van der Waals surface area (Å²) in [5.41, 5.74) is 2.12. The predicted octanol–water partition coefficient (Wildman–Crippen LogP) is 6.93. The minimum atomic E-state index is -0.328. The van der Waals surface area contributed by atoms with E-state index in [4.69, 9.17) is 25.8 Å². The smallest absolute Gasteiger partial charge is 0.200 e. The molecular weight excluding hydrogens is 542 g/mol. The first-order chi connectivity index (χ1) is 19.8. The van der Waals surface area contributed by atoms with Gasteiger partial charge in [0, 0.05) is 52.4 Å². The molecule has 0 atom stereocenters. The van der Waals surface area contributed by atoms with E-state index in [-0.39, 0.29) is 29.2 Å². The molecule has 0 saturated carbocycles. The zero-order valence-electron chi connectivity index (χ0n) is 23.1. The molecule has 0 spiro atoms. The highest BCUT2D eigenvalue weighted by atomic mass is 35.5. The highest BCUT2D eigenvalue weighted by molar-refractivity contribution is 6.30. The van der Waals surface area contributed by atoms with Crippen molar-refractivity contribution in [2.75, 3.05) is 14.2 Å². The molecule has 0 aliphatic heterocycles. The fourth-order valence-corrected chi connectivity index (χ4v) is 4.55. The summed E-state index contributed by atoms with van der Waals surface area (Å²) >= 11 is 6.03. The monoisotopic (exact) mass is 569 g/mol. The van der Waals surface area contributed by atoms with E-state index in [1.807, 2.05) is 18.4 Å². The number of carbonyl (C=O) groups is 1. The van der Waals surface area contributed by atoms with Crippen molar-refractivity contribution in [2.45, 2.75) is 26.3 Å². The van der Waals surface area contributed by atoms with Crippen LogP contribution in [0.25, 0.3) is 22.0 Å². The lowest BCUT2D eigenvalue weighted by molar-refractivity contribution is 0.0990. The first kappa shape index (κ1) is 27.9. The maximum absolute atomic E-state index is 13.4. The van der Waals surface area contributed by atoms with E-state index in [2.05, 4.69) is 9.97 Å². The Morgan fingerprint density at radius 1 is 0.927 bits per heavy atom. The van der Waals surface area contributed by atoms with Gasteiger partial charge in [0.25, 0.3) is 0 Å². The molecule has 0 N–H and O–H groups in total. The van der Waals surface area contributed by atoms with Crippen LogP contribution < -0.4 is 19.6 Å². The molecule has 5 rings (SSSR count). The van der Waals surface area contributed by atoms with Gasteiger partial charge in [0.1, 0.15) is 11.5 Å². The lowest BCUT2D eigenvalue weighted by Crippen LogP contribution is -2.22. The maximum atomic E-state index is 13.4. The van der Waals surface area contributed by atoms with Crippen LogP contribution in [0, 0.1) is 0 Å². The molecule has 0 radical (unpaired) electrons. The SMILES string of the molecule is COc1cc2nccc(Oc3ccc(CC(=O)c4cn(C(C)C)cc(-c5ccc(Cl)cc5)c4=O)nc3)c2cc1OC. The fraction of sp³-hybridized carbons (Fsp3) is 0.188. The first-order valence-corrected chi connectivity index (χ1v) is 13.3. The standard InChI is InChI=1S/C32H28ClN3O5/c1-19(2)36-17-25(20-5-7-21(33)8-6-20)32(38)26(18-36)28(37)13-22-9-10-23(16-35-22)41-29-11-12-34-27-15-31(40-4)30(39-3)14-24(27)29/h5-12,14-19H,13H2,1-4H3. The Morgan fingerprint density at radius 3 is 2.32 bits per heavy atom. The molecule has 0 unspecified atom stereocenters. The average Bonchev–Trinajstić information content (AvgIpc) is 2.98. The van der Waals surface area contributed by atoms with Gasteiger partial charge in [-0.3, -0.25) is 19.6 Å². The van der Waals surface area contributed by atoms with Crippen molar-refractivity contribution in [3.05, 3.63) is 106 Å². The molecule has 3 aromatic heterocycles. The number of ketones is 1. The number of benzene rings is 2. The van der Waals surface area contributed by atoms with Crippen LogP contribution in [0.2, 0.25) is 5.02 Å². The van der Waals surface area contributed by atoms with E-state index in [0.717, 1.165) is 5.39 Å². The van der Waals surface area contributed by atoms with Crippen molar-refractivity contribution < 1.29 is 19.0 Å². The van der Waals surface area contributed by atoms with Crippen molar-refractivity contribution in [1.29, 1.82) is 0 Å². The Hall–Kier alpha value is -4.69. The van der Waals surface area contributed by atoms with Gasteiger partial charge >= 0.3 is 0 Å². The number of aromatic nitrogens is 3. The van der Waals surface area contributed by atoms with Gasteiger partial charge in [-0.15, -0.1) is 0 Å². The summed E-state index contributed by atoms with van der Waals surface area (Å²) in [6.45, 7) is 3.98. The second-order valence-corrected chi connectivity index (χ2v) is 10.1. The van der Waals surface area contributed by atoms with Crippen LogP contribution in [0.4, 0.5) is 0 Å². The van der Waals surface area contributed by atoms with Gasteiger partial charge in [-0.25, -0.2) is 0 Å². The van der Waals surface area contributed by atoms with Crippen molar-refractivity contribution in [1.82, 2.24) is 14.5 Å². The number of fused-ring (bicyclic) bond motifs is 1. The second-order valence-electron chi connectivity index (χ2n) is 9.68. The van der Waals surface area contributed by atoms with Crippen LogP contribution in [0.1, 0.15) is 35.9 Å². The Balaban J connectivity index is 1.39. The van der Waals surface area contributed by atoms with Gasteiger partial charge in [-0.1, -0.05) is 23.7 Å². The second kappa shape index (κ2) is 11.8. The molecule has 0 saturated heterocycles. The molecule has 0 aliphatic rings. The molecule has 9 heteroatoms. The van der Waals surface area contributed by atoms with Crippen molar-refractivity contribution in [3.8, 4) is 34.1 Å². The molecule has 208 valence electrons. The number of carbonyl (C=O) groups excluding carboxylic acids is 1. The molecule has 0 amide bonds. The quantitative estimate of drug-likeness (QED) is 0.178. The van der Waals surface area contributed by atoms with Gasteiger partial charge in [0.2, 0.25) is 0 Å². The molecule has 2 aromatic carbocycles. The molecule has 5 aromatic rings. The van der Waals surface area contributed by atoms with Gasteiger partial charge in [0.05, 0.1) is 37.9 Å². The summed E-state index contributed by atoms with van der Waals surface area (Å²) < 4.78 is 18.8. The Kier molecular flexibility index (Phi) is 8.03. The summed E-state index contributed by atoms with van der Waals surface area (Å²) in [5.74, 6) is 1.86. The van der Waals surface area contributed by atoms with E-state index >= 15 is 0 Å². The number of hydrogen-bond donors (Lipinski definition) is 0. The molecule has 41 heavy (non-hydrogen) atoms. The zero-order valence-corrected chi connectivity index (χ0v) is 23.8.